The summed E-state index contributed by atoms with van der Waals surface area (Å²) in [7, 11) is 0. The molecule has 2 amide bonds. The number of hydrogen-bond acceptors (Lipinski definition) is 5. The number of primary amides is 1. The Labute approximate surface area is 156 Å². The number of carbonyl (C=O) groups is 2. The topological polar surface area (TPSA) is 109 Å². The van der Waals surface area contributed by atoms with Crippen molar-refractivity contribution in [2.24, 2.45) is 5.73 Å². The van der Waals surface area contributed by atoms with Crippen LogP contribution in [0.2, 0.25) is 0 Å². The Hall–Kier alpha value is -2.85. The van der Waals surface area contributed by atoms with Crippen LogP contribution in [0.5, 0.6) is 0 Å². The lowest BCUT2D eigenvalue weighted by molar-refractivity contribution is -0.115. The van der Waals surface area contributed by atoms with Crippen molar-refractivity contribution in [2.75, 3.05) is 5.32 Å². The molecule has 7 heteroatoms. The van der Waals surface area contributed by atoms with Gasteiger partial charge in [-0.05, 0) is 51.0 Å². The van der Waals surface area contributed by atoms with Crippen LogP contribution in [0.25, 0.3) is 0 Å². The van der Waals surface area contributed by atoms with Gasteiger partial charge in [-0.15, -0.1) is 0 Å². The first kappa shape index (κ1) is 19.5. The van der Waals surface area contributed by atoms with E-state index in [1.54, 1.807) is 31.2 Å². The normalized spacial score (nSPS) is 11.5. The van der Waals surface area contributed by atoms with Crippen molar-refractivity contribution >= 4 is 29.3 Å². The Kier molecular flexibility index (Phi) is 6.01. The number of hydrogen-bond donors (Lipinski definition) is 2. The largest absolute Gasteiger partial charge is 0.366 e. The number of thioether (sulfide) groups is 1. The number of aryl methyl sites for hydroxylation is 1. The van der Waals surface area contributed by atoms with Gasteiger partial charge in [0.2, 0.25) is 5.91 Å². The van der Waals surface area contributed by atoms with Crippen molar-refractivity contribution in [3.63, 3.8) is 0 Å². The number of benzene rings is 1. The number of nitriles is 1. The number of nitrogens with two attached hydrogens (primary N) is 1. The number of nitrogens with one attached hydrogen (secondary N) is 1. The molecule has 3 N–H and O–H groups in total. The second-order valence-electron chi connectivity index (χ2n) is 5.90. The van der Waals surface area contributed by atoms with Gasteiger partial charge in [0.05, 0.1) is 22.1 Å². The second kappa shape index (κ2) is 8.02. The summed E-state index contributed by atoms with van der Waals surface area (Å²) in [6.07, 6.45) is 0. The van der Waals surface area contributed by atoms with Crippen molar-refractivity contribution in [2.45, 2.75) is 38.0 Å². The fourth-order valence-electron chi connectivity index (χ4n) is 2.43. The molecule has 1 aromatic heterocycles. The average molecular weight is 368 g/mol. The number of rotatable bonds is 5. The molecule has 0 saturated heterocycles. The van der Waals surface area contributed by atoms with Gasteiger partial charge >= 0.3 is 0 Å². The summed E-state index contributed by atoms with van der Waals surface area (Å²) in [4.78, 5) is 28.8. The van der Waals surface area contributed by atoms with Gasteiger partial charge in [-0.25, -0.2) is 4.98 Å². The van der Waals surface area contributed by atoms with Crippen LogP contribution in [0.3, 0.4) is 0 Å². The maximum atomic E-state index is 12.5. The minimum Gasteiger partial charge on any atom is -0.366 e. The zero-order chi connectivity index (χ0) is 19.4. The molecule has 0 saturated carbocycles. The maximum Gasteiger partial charge on any atom is 0.251 e. The first-order valence-electron chi connectivity index (χ1n) is 8.00. The van der Waals surface area contributed by atoms with Crippen molar-refractivity contribution in [3.8, 4) is 6.07 Å². The highest BCUT2D eigenvalue weighted by Crippen LogP contribution is 2.30. The molecule has 0 aliphatic heterocycles. The number of para-hydroxylation sites is 1. The minimum absolute atomic E-state index is 0.286. The van der Waals surface area contributed by atoms with Crippen molar-refractivity contribution in [1.29, 1.82) is 5.26 Å². The number of amides is 2. The van der Waals surface area contributed by atoms with E-state index in [9.17, 15) is 9.59 Å². The molecule has 2 rings (SSSR count). The van der Waals surface area contributed by atoms with Gasteiger partial charge in [0.25, 0.3) is 5.91 Å². The molecule has 26 heavy (non-hydrogen) atoms. The van der Waals surface area contributed by atoms with E-state index in [1.165, 1.54) is 11.8 Å². The number of pyridine rings is 1. The van der Waals surface area contributed by atoms with Crippen molar-refractivity contribution in [1.82, 2.24) is 4.98 Å². The molecule has 1 aromatic carbocycles. The summed E-state index contributed by atoms with van der Waals surface area (Å²) in [5.74, 6) is -0.853. The van der Waals surface area contributed by atoms with E-state index in [0.717, 1.165) is 16.8 Å². The van der Waals surface area contributed by atoms with E-state index < -0.39 is 11.2 Å². The third kappa shape index (κ3) is 4.03. The predicted octanol–water partition coefficient (Wildman–Crippen LogP) is 3.10. The van der Waals surface area contributed by atoms with E-state index in [1.807, 2.05) is 26.8 Å². The van der Waals surface area contributed by atoms with Gasteiger partial charge in [-0.3, -0.25) is 9.59 Å². The lowest BCUT2D eigenvalue weighted by atomic mass is 10.0. The molecule has 0 unspecified atom stereocenters. The average Bonchev–Trinajstić information content (AvgIpc) is 2.59. The molecule has 0 spiro atoms. The Balaban J connectivity index is 2.27. The highest BCUT2D eigenvalue weighted by molar-refractivity contribution is 8.00. The molecule has 0 fully saturated rings. The zero-order valence-corrected chi connectivity index (χ0v) is 15.9. The van der Waals surface area contributed by atoms with Crippen LogP contribution in [-0.2, 0) is 4.79 Å². The highest BCUT2D eigenvalue weighted by Gasteiger charge is 2.23. The second-order valence-corrected chi connectivity index (χ2v) is 7.23. The standard InChI is InChI=1S/C19H20N4O2S/c1-10-11(2)16(17(21)24)19(22-12(10)3)26-13(4)18(25)23-15-8-6-5-7-14(15)9-20/h5-8,13H,1-4H3,(H2,21,24)(H,23,25)/t13-/m0/s1. The lowest BCUT2D eigenvalue weighted by Gasteiger charge is -2.17. The maximum absolute atomic E-state index is 12.5. The van der Waals surface area contributed by atoms with Crippen LogP contribution < -0.4 is 11.1 Å². The molecule has 2 aromatic rings. The monoisotopic (exact) mass is 368 g/mol. The van der Waals surface area contributed by atoms with E-state index in [-0.39, 0.29) is 5.91 Å². The molecule has 1 atom stereocenters. The lowest BCUT2D eigenvalue weighted by Crippen LogP contribution is -2.24. The number of aromatic nitrogens is 1. The summed E-state index contributed by atoms with van der Waals surface area (Å²) in [6.45, 7) is 7.27. The number of anilines is 1. The van der Waals surface area contributed by atoms with Gasteiger partial charge < -0.3 is 11.1 Å². The Bertz CT molecular complexity index is 918. The zero-order valence-electron chi connectivity index (χ0n) is 15.1. The summed E-state index contributed by atoms with van der Waals surface area (Å²) in [5.41, 5.74) is 9.17. The summed E-state index contributed by atoms with van der Waals surface area (Å²) in [5, 5.41) is 11.8. The van der Waals surface area contributed by atoms with Crippen LogP contribution in [-0.4, -0.2) is 22.0 Å². The summed E-state index contributed by atoms with van der Waals surface area (Å²) < 4.78 is 0. The van der Waals surface area contributed by atoms with Crippen LogP contribution in [0.15, 0.2) is 29.3 Å². The Morgan fingerprint density at radius 1 is 1.23 bits per heavy atom. The van der Waals surface area contributed by atoms with Crippen molar-refractivity contribution < 1.29 is 9.59 Å². The third-order valence-electron chi connectivity index (χ3n) is 4.17. The molecule has 134 valence electrons. The first-order valence-corrected chi connectivity index (χ1v) is 8.88. The molecule has 0 bridgehead atoms. The molecular weight excluding hydrogens is 348 g/mol. The van der Waals surface area contributed by atoms with Crippen LogP contribution >= 0.6 is 11.8 Å². The Morgan fingerprint density at radius 3 is 2.50 bits per heavy atom. The third-order valence-corrected chi connectivity index (χ3v) is 5.26. The smallest absolute Gasteiger partial charge is 0.251 e. The number of nitrogens with zero attached hydrogens (tertiary/aromatic N) is 2. The molecule has 6 nitrogen and oxygen atoms in total. The van der Waals surface area contributed by atoms with Gasteiger partial charge in [0.1, 0.15) is 11.1 Å². The highest BCUT2D eigenvalue weighted by atomic mass is 32.2. The minimum atomic E-state index is -0.567. The molecule has 1 heterocycles. The summed E-state index contributed by atoms with van der Waals surface area (Å²) >= 11 is 1.17. The summed E-state index contributed by atoms with van der Waals surface area (Å²) in [6, 6.07) is 8.81. The van der Waals surface area contributed by atoms with Crippen LogP contribution in [0.4, 0.5) is 5.69 Å². The Morgan fingerprint density at radius 2 is 1.88 bits per heavy atom. The number of carbonyl (C=O) groups excluding carboxylic acids is 2. The molecular formula is C19H20N4O2S. The van der Waals surface area contributed by atoms with E-state index in [4.69, 9.17) is 11.0 Å². The van der Waals surface area contributed by atoms with Gasteiger partial charge in [-0.1, -0.05) is 23.9 Å². The molecule has 0 aliphatic rings. The van der Waals surface area contributed by atoms with Crippen LogP contribution in [0, 0.1) is 32.1 Å². The van der Waals surface area contributed by atoms with Gasteiger partial charge in [0, 0.05) is 5.69 Å². The first-order chi connectivity index (χ1) is 12.3. The molecule has 0 aliphatic carbocycles. The predicted molar refractivity (Wildman–Crippen MR) is 102 cm³/mol. The molecule has 0 radical (unpaired) electrons. The quantitative estimate of drug-likeness (QED) is 0.788. The SMILES string of the molecule is Cc1nc(S[C@@H](C)C(=O)Nc2ccccc2C#N)c(C(N)=O)c(C)c1C. The van der Waals surface area contributed by atoms with E-state index in [2.05, 4.69) is 10.3 Å². The fourth-order valence-corrected chi connectivity index (χ4v) is 3.49. The van der Waals surface area contributed by atoms with Gasteiger partial charge in [-0.2, -0.15) is 5.26 Å². The van der Waals surface area contributed by atoms with Gasteiger partial charge in [0.15, 0.2) is 0 Å². The van der Waals surface area contributed by atoms with Crippen molar-refractivity contribution in [3.05, 3.63) is 52.2 Å². The van der Waals surface area contributed by atoms with E-state index >= 15 is 0 Å². The van der Waals surface area contributed by atoms with Crippen LogP contribution in [0.1, 0.15) is 39.7 Å². The fraction of sp³-hybridized carbons (Fsp3) is 0.263. The van der Waals surface area contributed by atoms with E-state index in [0.29, 0.717) is 21.8 Å².